The standard InChI is InChI=1S/C15H19NO2/c1-11-4-6-12(7-5-11)14(18)16-10-13(17)8-9-15(16,2)3/h4-7H,8-10H2,1-3H3. The molecule has 96 valence electrons. The molecule has 3 nitrogen and oxygen atoms in total. The third-order valence-corrected chi connectivity index (χ3v) is 3.62. The normalized spacial score (nSPS) is 18.8. The number of likely N-dealkylation sites (tertiary alicyclic amines) is 1. The van der Waals surface area contributed by atoms with Crippen LogP contribution in [0.1, 0.15) is 42.6 Å². The lowest BCUT2D eigenvalue weighted by Gasteiger charge is -2.41. The highest BCUT2D eigenvalue weighted by Crippen LogP contribution is 2.27. The molecule has 0 spiro atoms. The van der Waals surface area contributed by atoms with Crippen molar-refractivity contribution in [3.63, 3.8) is 0 Å². The Morgan fingerprint density at radius 2 is 1.83 bits per heavy atom. The molecule has 1 aromatic carbocycles. The molecule has 0 atom stereocenters. The van der Waals surface area contributed by atoms with Crippen molar-refractivity contribution in [2.24, 2.45) is 0 Å². The van der Waals surface area contributed by atoms with Gasteiger partial charge in [-0.05, 0) is 39.3 Å². The number of hydrogen-bond acceptors (Lipinski definition) is 2. The molecule has 1 fully saturated rings. The van der Waals surface area contributed by atoms with Gasteiger partial charge in [-0.25, -0.2) is 0 Å². The van der Waals surface area contributed by atoms with Gasteiger partial charge in [0.05, 0.1) is 6.54 Å². The van der Waals surface area contributed by atoms with E-state index >= 15 is 0 Å². The first-order chi connectivity index (χ1) is 8.40. The summed E-state index contributed by atoms with van der Waals surface area (Å²) in [6, 6.07) is 7.50. The second-order valence-electron chi connectivity index (χ2n) is 5.61. The summed E-state index contributed by atoms with van der Waals surface area (Å²) in [5, 5.41) is 0. The van der Waals surface area contributed by atoms with E-state index in [2.05, 4.69) is 0 Å². The van der Waals surface area contributed by atoms with Gasteiger partial charge in [0.25, 0.3) is 5.91 Å². The smallest absolute Gasteiger partial charge is 0.254 e. The first kappa shape index (κ1) is 12.8. The Bertz CT molecular complexity index is 474. The number of rotatable bonds is 1. The maximum Gasteiger partial charge on any atom is 0.254 e. The van der Waals surface area contributed by atoms with Crippen molar-refractivity contribution in [1.82, 2.24) is 4.90 Å². The molecule has 2 rings (SSSR count). The molecule has 1 aromatic rings. The summed E-state index contributed by atoms with van der Waals surface area (Å²) in [4.78, 5) is 25.7. The minimum atomic E-state index is -0.240. The van der Waals surface area contributed by atoms with Crippen LogP contribution in [0.2, 0.25) is 0 Å². The highest BCUT2D eigenvalue weighted by atomic mass is 16.2. The highest BCUT2D eigenvalue weighted by molar-refractivity contribution is 5.98. The molecule has 0 N–H and O–H groups in total. The van der Waals surface area contributed by atoms with Crippen LogP contribution in [-0.2, 0) is 4.79 Å². The van der Waals surface area contributed by atoms with E-state index in [1.807, 2.05) is 45.0 Å². The molecule has 18 heavy (non-hydrogen) atoms. The van der Waals surface area contributed by atoms with E-state index in [0.29, 0.717) is 12.0 Å². The van der Waals surface area contributed by atoms with Crippen LogP contribution in [0.15, 0.2) is 24.3 Å². The van der Waals surface area contributed by atoms with Gasteiger partial charge in [0, 0.05) is 17.5 Å². The summed E-state index contributed by atoms with van der Waals surface area (Å²) in [7, 11) is 0. The van der Waals surface area contributed by atoms with E-state index in [0.717, 1.165) is 12.0 Å². The minimum Gasteiger partial charge on any atom is -0.326 e. The van der Waals surface area contributed by atoms with Gasteiger partial charge < -0.3 is 4.90 Å². The van der Waals surface area contributed by atoms with Gasteiger partial charge in [0.1, 0.15) is 0 Å². The third-order valence-electron chi connectivity index (χ3n) is 3.62. The van der Waals surface area contributed by atoms with E-state index in [9.17, 15) is 9.59 Å². The zero-order chi connectivity index (χ0) is 13.3. The highest BCUT2D eigenvalue weighted by Gasteiger charge is 2.36. The van der Waals surface area contributed by atoms with Gasteiger partial charge in [0.2, 0.25) is 0 Å². The molecule has 0 bridgehead atoms. The fraction of sp³-hybridized carbons (Fsp3) is 0.467. The zero-order valence-corrected chi connectivity index (χ0v) is 11.2. The Balaban J connectivity index is 2.26. The summed E-state index contributed by atoms with van der Waals surface area (Å²) in [6.07, 6.45) is 1.31. The predicted molar refractivity (Wildman–Crippen MR) is 70.5 cm³/mol. The van der Waals surface area contributed by atoms with E-state index in [1.54, 1.807) is 4.90 Å². The average Bonchev–Trinajstić information content (AvgIpc) is 2.32. The third kappa shape index (κ3) is 2.45. The van der Waals surface area contributed by atoms with Crippen LogP contribution in [0.25, 0.3) is 0 Å². The van der Waals surface area contributed by atoms with Gasteiger partial charge in [-0.2, -0.15) is 0 Å². The molecule has 1 aliphatic heterocycles. The molecule has 1 aliphatic rings. The first-order valence-electron chi connectivity index (χ1n) is 6.30. The van der Waals surface area contributed by atoms with E-state index in [-0.39, 0.29) is 23.8 Å². The first-order valence-corrected chi connectivity index (χ1v) is 6.30. The Morgan fingerprint density at radius 3 is 2.44 bits per heavy atom. The van der Waals surface area contributed by atoms with E-state index in [1.165, 1.54) is 0 Å². The molecule has 0 aliphatic carbocycles. The SMILES string of the molecule is Cc1ccc(C(=O)N2CC(=O)CCC2(C)C)cc1. The van der Waals surface area contributed by atoms with Crippen LogP contribution in [0.4, 0.5) is 0 Å². The molecular weight excluding hydrogens is 226 g/mol. The Hall–Kier alpha value is -1.64. The van der Waals surface area contributed by atoms with Crippen molar-refractivity contribution in [2.45, 2.75) is 39.2 Å². The quantitative estimate of drug-likeness (QED) is 0.762. The summed E-state index contributed by atoms with van der Waals surface area (Å²) < 4.78 is 0. The number of nitrogens with zero attached hydrogens (tertiary/aromatic N) is 1. The second-order valence-corrected chi connectivity index (χ2v) is 5.61. The zero-order valence-electron chi connectivity index (χ0n) is 11.2. The molecule has 1 saturated heterocycles. The van der Waals surface area contributed by atoms with Crippen LogP contribution in [0.3, 0.4) is 0 Å². The molecule has 0 aromatic heterocycles. The maximum absolute atomic E-state index is 12.4. The molecular formula is C15H19NO2. The summed E-state index contributed by atoms with van der Waals surface area (Å²) in [5.41, 5.74) is 1.54. The lowest BCUT2D eigenvalue weighted by Crippen LogP contribution is -2.53. The van der Waals surface area contributed by atoms with Gasteiger partial charge in [0.15, 0.2) is 5.78 Å². The fourth-order valence-corrected chi connectivity index (χ4v) is 2.25. The van der Waals surface area contributed by atoms with Crippen LogP contribution in [0, 0.1) is 6.92 Å². The van der Waals surface area contributed by atoms with Crippen molar-refractivity contribution >= 4 is 11.7 Å². The minimum absolute atomic E-state index is 0.0481. The molecule has 3 heteroatoms. The number of Topliss-reactive ketones (excluding diaryl/α,β-unsaturated/α-hetero) is 1. The lowest BCUT2D eigenvalue weighted by atomic mass is 9.89. The largest absolute Gasteiger partial charge is 0.326 e. The van der Waals surface area contributed by atoms with Crippen LogP contribution >= 0.6 is 0 Å². The summed E-state index contributed by atoms with van der Waals surface area (Å²) >= 11 is 0. The number of aryl methyl sites for hydroxylation is 1. The number of carbonyl (C=O) groups is 2. The fourth-order valence-electron chi connectivity index (χ4n) is 2.25. The van der Waals surface area contributed by atoms with Gasteiger partial charge in [-0.1, -0.05) is 17.7 Å². The van der Waals surface area contributed by atoms with Crippen LogP contribution < -0.4 is 0 Å². The number of carbonyl (C=O) groups excluding carboxylic acids is 2. The Kier molecular flexibility index (Phi) is 3.24. The van der Waals surface area contributed by atoms with Gasteiger partial charge in [-0.15, -0.1) is 0 Å². The van der Waals surface area contributed by atoms with Crippen molar-refractivity contribution in [2.75, 3.05) is 6.54 Å². The van der Waals surface area contributed by atoms with Crippen molar-refractivity contribution in [1.29, 1.82) is 0 Å². The maximum atomic E-state index is 12.4. The number of amides is 1. The summed E-state index contributed by atoms with van der Waals surface area (Å²) in [5.74, 6) is 0.0998. The van der Waals surface area contributed by atoms with Crippen LogP contribution in [0.5, 0.6) is 0 Å². The van der Waals surface area contributed by atoms with Gasteiger partial charge >= 0.3 is 0 Å². The second kappa shape index (κ2) is 4.56. The predicted octanol–water partition coefficient (Wildman–Crippen LogP) is 2.58. The van der Waals surface area contributed by atoms with Gasteiger partial charge in [-0.3, -0.25) is 9.59 Å². The van der Waals surface area contributed by atoms with E-state index in [4.69, 9.17) is 0 Å². The number of benzene rings is 1. The average molecular weight is 245 g/mol. The summed E-state index contributed by atoms with van der Waals surface area (Å²) in [6.45, 7) is 6.26. The lowest BCUT2D eigenvalue weighted by molar-refractivity contribution is -0.124. The monoisotopic (exact) mass is 245 g/mol. The van der Waals surface area contributed by atoms with Crippen LogP contribution in [-0.4, -0.2) is 28.7 Å². The number of ketones is 1. The van der Waals surface area contributed by atoms with E-state index < -0.39 is 0 Å². The molecule has 0 saturated carbocycles. The Morgan fingerprint density at radius 1 is 1.22 bits per heavy atom. The molecule has 1 heterocycles. The molecule has 0 unspecified atom stereocenters. The molecule has 0 radical (unpaired) electrons. The van der Waals surface area contributed by atoms with Crippen molar-refractivity contribution in [3.8, 4) is 0 Å². The topological polar surface area (TPSA) is 37.4 Å². The number of hydrogen-bond donors (Lipinski definition) is 0. The molecule has 1 amide bonds. The number of piperidine rings is 1. The van der Waals surface area contributed by atoms with Crippen molar-refractivity contribution < 1.29 is 9.59 Å². The Labute approximate surface area is 108 Å². The van der Waals surface area contributed by atoms with Crippen molar-refractivity contribution in [3.05, 3.63) is 35.4 Å².